The van der Waals surface area contributed by atoms with E-state index in [-0.39, 0.29) is 6.04 Å². The van der Waals surface area contributed by atoms with Crippen LogP contribution in [0.4, 0.5) is 4.79 Å². The van der Waals surface area contributed by atoms with Gasteiger partial charge in [0, 0.05) is 36.4 Å². The van der Waals surface area contributed by atoms with Crippen molar-refractivity contribution in [3.63, 3.8) is 0 Å². The summed E-state index contributed by atoms with van der Waals surface area (Å²) in [6, 6.07) is 17.4. The Morgan fingerprint density at radius 1 is 1.06 bits per heavy atom. The number of carboxylic acid groups (broad SMARTS) is 1. The lowest BCUT2D eigenvalue weighted by Crippen LogP contribution is -2.40. The summed E-state index contributed by atoms with van der Waals surface area (Å²) >= 11 is 3.62. The summed E-state index contributed by atoms with van der Waals surface area (Å²) in [7, 11) is 0. The Morgan fingerprint density at radius 2 is 1.81 bits per heavy atom. The Kier molecular flexibility index (Phi) is 5.53. The monoisotopic (exact) mass is 492 g/mol. The summed E-state index contributed by atoms with van der Waals surface area (Å²) in [6.07, 6.45) is 4.35. The zero-order valence-electron chi connectivity index (χ0n) is 17.2. The van der Waals surface area contributed by atoms with Gasteiger partial charge in [-0.05, 0) is 65.2 Å². The third-order valence-electron chi connectivity index (χ3n) is 5.68. The van der Waals surface area contributed by atoms with E-state index in [1.165, 1.54) is 4.90 Å². The Bertz CT molecular complexity index is 1260. The van der Waals surface area contributed by atoms with Crippen LogP contribution < -0.4 is 4.74 Å². The normalized spacial score (nSPS) is 16.3. The first-order valence-electron chi connectivity index (χ1n) is 10.4. The number of para-hydroxylation sites is 1. The zero-order chi connectivity index (χ0) is 22.1. The number of pyridine rings is 1. The number of piperidine rings is 1. The minimum atomic E-state index is -0.888. The average molecular weight is 493 g/mol. The van der Waals surface area contributed by atoms with Gasteiger partial charge in [0.25, 0.3) is 0 Å². The molecule has 2 aromatic heterocycles. The van der Waals surface area contributed by atoms with Crippen LogP contribution in [0.3, 0.4) is 0 Å². The highest BCUT2D eigenvalue weighted by molar-refractivity contribution is 9.10. The SMILES string of the molecule is O=C(O)N1CCCC(n2nc(-c3ccc(Oc4ccccc4)cc3)c3cncc(Br)c32)C1. The van der Waals surface area contributed by atoms with Crippen LogP contribution in [0.25, 0.3) is 22.2 Å². The van der Waals surface area contributed by atoms with E-state index in [0.29, 0.717) is 13.1 Å². The second-order valence-corrected chi connectivity index (χ2v) is 8.63. The third kappa shape index (κ3) is 3.93. The van der Waals surface area contributed by atoms with Gasteiger partial charge in [0.1, 0.15) is 17.2 Å². The van der Waals surface area contributed by atoms with Gasteiger partial charge in [0.05, 0.1) is 16.0 Å². The maximum absolute atomic E-state index is 11.5. The topological polar surface area (TPSA) is 80.5 Å². The first-order valence-corrected chi connectivity index (χ1v) is 11.2. The molecule has 1 aliphatic rings. The molecule has 0 bridgehead atoms. The fourth-order valence-electron chi connectivity index (χ4n) is 4.16. The molecule has 8 heteroatoms. The highest BCUT2D eigenvalue weighted by atomic mass is 79.9. The Labute approximate surface area is 193 Å². The van der Waals surface area contributed by atoms with Crippen molar-refractivity contribution in [1.82, 2.24) is 19.7 Å². The van der Waals surface area contributed by atoms with E-state index in [1.807, 2.05) is 65.5 Å². The first-order chi connectivity index (χ1) is 15.6. The van der Waals surface area contributed by atoms with Gasteiger partial charge in [-0.2, -0.15) is 5.10 Å². The van der Waals surface area contributed by atoms with Crippen LogP contribution in [-0.2, 0) is 0 Å². The van der Waals surface area contributed by atoms with E-state index < -0.39 is 6.09 Å². The highest BCUT2D eigenvalue weighted by Gasteiger charge is 2.28. The molecule has 0 aliphatic carbocycles. The van der Waals surface area contributed by atoms with Gasteiger partial charge in [-0.3, -0.25) is 9.67 Å². The fourth-order valence-corrected chi connectivity index (χ4v) is 4.67. The molecule has 32 heavy (non-hydrogen) atoms. The Balaban J connectivity index is 1.51. The van der Waals surface area contributed by atoms with E-state index in [4.69, 9.17) is 9.84 Å². The maximum atomic E-state index is 11.5. The second-order valence-electron chi connectivity index (χ2n) is 7.77. The number of nitrogens with zero attached hydrogens (tertiary/aromatic N) is 4. The van der Waals surface area contributed by atoms with Gasteiger partial charge in [-0.15, -0.1) is 0 Å². The summed E-state index contributed by atoms with van der Waals surface area (Å²) < 4.78 is 8.70. The molecule has 0 saturated carbocycles. The molecular weight excluding hydrogens is 472 g/mol. The summed E-state index contributed by atoms with van der Waals surface area (Å²) in [5, 5.41) is 15.3. The molecule has 4 aromatic rings. The predicted molar refractivity (Wildman–Crippen MR) is 125 cm³/mol. The van der Waals surface area contributed by atoms with E-state index in [1.54, 1.807) is 6.20 Å². The van der Waals surface area contributed by atoms with Crippen LogP contribution >= 0.6 is 15.9 Å². The minimum Gasteiger partial charge on any atom is -0.465 e. The lowest BCUT2D eigenvalue weighted by molar-refractivity contribution is 0.120. The molecule has 1 amide bonds. The summed E-state index contributed by atoms with van der Waals surface area (Å²) in [5.41, 5.74) is 2.68. The molecule has 1 unspecified atom stereocenters. The van der Waals surface area contributed by atoms with Gasteiger partial charge < -0.3 is 14.7 Å². The average Bonchev–Trinajstić information content (AvgIpc) is 3.21. The highest BCUT2D eigenvalue weighted by Crippen LogP contribution is 2.36. The van der Waals surface area contributed by atoms with Crippen molar-refractivity contribution in [2.75, 3.05) is 13.1 Å². The molecule has 1 N–H and O–H groups in total. The molecule has 0 spiro atoms. The third-order valence-corrected chi connectivity index (χ3v) is 6.26. The fraction of sp³-hybridized carbons (Fsp3) is 0.208. The number of aromatic nitrogens is 3. The van der Waals surface area contributed by atoms with Gasteiger partial charge in [-0.25, -0.2) is 4.79 Å². The number of benzene rings is 2. The molecule has 1 aliphatic heterocycles. The van der Waals surface area contributed by atoms with Crippen molar-refractivity contribution in [1.29, 1.82) is 0 Å². The number of ether oxygens (including phenoxy) is 1. The first kappa shape index (κ1) is 20.5. The summed E-state index contributed by atoms with van der Waals surface area (Å²) in [5.74, 6) is 1.52. The van der Waals surface area contributed by atoms with Crippen molar-refractivity contribution < 1.29 is 14.6 Å². The molecule has 2 aromatic carbocycles. The van der Waals surface area contributed by atoms with Crippen molar-refractivity contribution in [2.24, 2.45) is 0 Å². The lowest BCUT2D eigenvalue weighted by Gasteiger charge is -2.31. The quantitative estimate of drug-likeness (QED) is 0.379. The minimum absolute atomic E-state index is 0.0320. The van der Waals surface area contributed by atoms with E-state index in [9.17, 15) is 9.90 Å². The lowest BCUT2D eigenvalue weighted by atomic mass is 10.1. The van der Waals surface area contributed by atoms with Crippen LogP contribution in [0.5, 0.6) is 11.5 Å². The number of amides is 1. The molecule has 3 heterocycles. The standard InChI is InChI=1S/C24H21BrN4O3/c25-21-14-26-13-20-22(16-8-10-19(11-9-16)32-18-6-2-1-3-7-18)27-29(23(20)21)17-5-4-12-28(15-17)24(30)31/h1-3,6-11,13-14,17H,4-5,12,15H2,(H,30,31). The van der Waals surface area contributed by atoms with Gasteiger partial charge in [0.15, 0.2) is 0 Å². The van der Waals surface area contributed by atoms with E-state index in [0.717, 1.165) is 51.0 Å². The number of rotatable bonds is 4. The molecule has 1 fully saturated rings. The van der Waals surface area contributed by atoms with Crippen LogP contribution in [-0.4, -0.2) is 44.0 Å². The molecule has 1 atom stereocenters. The summed E-state index contributed by atoms with van der Waals surface area (Å²) in [6.45, 7) is 0.980. The van der Waals surface area contributed by atoms with Crippen LogP contribution in [0.15, 0.2) is 71.5 Å². The van der Waals surface area contributed by atoms with Crippen LogP contribution in [0.2, 0.25) is 0 Å². The summed E-state index contributed by atoms with van der Waals surface area (Å²) in [4.78, 5) is 17.3. The second kappa shape index (κ2) is 8.63. The Hall–Kier alpha value is -3.39. The van der Waals surface area contributed by atoms with Gasteiger partial charge >= 0.3 is 6.09 Å². The number of carbonyl (C=O) groups is 1. The van der Waals surface area contributed by atoms with Crippen molar-refractivity contribution in [2.45, 2.75) is 18.9 Å². The number of hydrogen-bond acceptors (Lipinski definition) is 4. The number of likely N-dealkylation sites (tertiary alicyclic amines) is 1. The molecule has 5 rings (SSSR count). The molecule has 162 valence electrons. The number of fused-ring (bicyclic) bond motifs is 1. The Morgan fingerprint density at radius 3 is 2.56 bits per heavy atom. The smallest absolute Gasteiger partial charge is 0.407 e. The maximum Gasteiger partial charge on any atom is 0.407 e. The van der Waals surface area contributed by atoms with Gasteiger partial charge in [-0.1, -0.05) is 18.2 Å². The van der Waals surface area contributed by atoms with E-state index in [2.05, 4.69) is 20.9 Å². The largest absolute Gasteiger partial charge is 0.465 e. The zero-order valence-corrected chi connectivity index (χ0v) is 18.8. The molecule has 1 saturated heterocycles. The predicted octanol–water partition coefficient (Wildman–Crippen LogP) is 5.97. The van der Waals surface area contributed by atoms with Crippen LogP contribution in [0, 0.1) is 0 Å². The van der Waals surface area contributed by atoms with Crippen molar-refractivity contribution in [3.05, 3.63) is 71.5 Å². The van der Waals surface area contributed by atoms with Crippen molar-refractivity contribution in [3.8, 4) is 22.8 Å². The number of hydrogen-bond donors (Lipinski definition) is 1. The molecular formula is C24H21BrN4O3. The number of halogens is 1. The molecule has 0 radical (unpaired) electrons. The molecule has 7 nitrogen and oxygen atoms in total. The van der Waals surface area contributed by atoms with Gasteiger partial charge in [0.2, 0.25) is 0 Å². The van der Waals surface area contributed by atoms with Crippen LogP contribution in [0.1, 0.15) is 18.9 Å². The van der Waals surface area contributed by atoms with E-state index >= 15 is 0 Å². The van der Waals surface area contributed by atoms with Crippen molar-refractivity contribution >= 4 is 32.9 Å².